The minimum Gasteiger partial charge on any atom is -0.496 e. The number of nitrogens with one attached hydrogen (secondary N) is 2. The standard InChI is InChI=1S/C20H23N4O3P/c1-4-28(25,26)24-17-11-15(10-9-14(17)2)23-20-12-18(21-13-22-20)16-7-5-6-8-19(16)27-3/h5-13H,4H2,1-3H3,(H,21,22,23)(H2,24,25,26). The number of ether oxygens (including phenoxy) is 1. The van der Waals surface area contributed by atoms with Gasteiger partial charge in [0.25, 0.3) is 7.52 Å². The van der Waals surface area contributed by atoms with Gasteiger partial charge in [-0.15, -0.1) is 0 Å². The number of rotatable bonds is 7. The zero-order valence-electron chi connectivity index (χ0n) is 16.0. The second-order valence-electron chi connectivity index (χ2n) is 6.27. The molecule has 0 fully saturated rings. The van der Waals surface area contributed by atoms with Crippen LogP contribution in [0.2, 0.25) is 0 Å². The van der Waals surface area contributed by atoms with Gasteiger partial charge in [0, 0.05) is 29.2 Å². The number of nitrogens with zero attached hydrogens (tertiary/aromatic N) is 2. The number of aryl methyl sites for hydroxylation is 1. The Morgan fingerprint density at radius 2 is 1.93 bits per heavy atom. The van der Waals surface area contributed by atoms with Gasteiger partial charge in [0.05, 0.1) is 12.8 Å². The van der Waals surface area contributed by atoms with Gasteiger partial charge in [-0.2, -0.15) is 0 Å². The van der Waals surface area contributed by atoms with E-state index in [1.54, 1.807) is 20.1 Å². The number of aromatic nitrogens is 2. The summed E-state index contributed by atoms with van der Waals surface area (Å²) in [5.74, 6) is 1.33. The molecule has 0 radical (unpaired) electrons. The summed E-state index contributed by atoms with van der Waals surface area (Å²) in [5, 5.41) is 5.96. The zero-order chi connectivity index (χ0) is 20.1. The van der Waals surface area contributed by atoms with Crippen LogP contribution in [0.3, 0.4) is 0 Å². The summed E-state index contributed by atoms with van der Waals surface area (Å²) in [4.78, 5) is 18.5. The van der Waals surface area contributed by atoms with E-state index in [1.165, 1.54) is 6.33 Å². The lowest BCUT2D eigenvalue weighted by atomic mass is 10.1. The summed E-state index contributed by atoms with van der Waals surface area (Å²) in [6.07, 6.45) is 1.63. The molecule has 0 amide bonds. The van der Waals surface area contributed by atoms with Crippen LogP contribution >= 0.6 is 7.52 Å². The Balaban J connectivity index is 1.88. The normalized spacial score (nSPS) is 12.9. The number of hydrogen-bond donors (Lipinski definition) is 3. The Labute approximate surface area is 164 Å². The molecule has 0 aliphatic carbocycles. The Hall–Kier alpha value is -2.89. The molecular formula is C20H23N4O3P. The van der Waals surface area contributed by atoms with Crippen molar-refractivity contribution >= 4 is 24.7 Å². The second kappa shape index (κ2) is 8.42. The summed E-state index contributed by atoms with van der Waals surface area (Å²) in [6.45, 7) is 3.55. The van der Waals surface area contributed by atoms with Crippen LogP contribution in [0.5, 0.6) is 5.75 Å². The molecule has 0 spiro atoms. The van der Waals surface area contributed by atoms with Crippen molar-refractivity contribution in [1.82, 2.24) is 9.97 Å². The maximum Gasteiger partial charge on any atom is 0.291 e. The number of methoxy groups -OCH3 is 1. The Kier molecular flexibility index (Phi) is 5.97. The van der Waals surface area contributed by atoms with E-state index in [2.05, 4.69) is 20.4 Å². The molecule has 0 aliphatic rings. The van der Waals surface area contributed by atoms with Gasteiger partial charge >= 0.3 is 0 Å². The van der Waals surface area contributed by atoms with Gasteiger partial charge in [0.1, 0.15) is 17.9 Å². The van der Waals surface area contributed by atoms with Gasteiger partial charge in [0.2, 0.25) is 0 Å². The van der Waals surface area contributed by atoms with Gasteiger partial charge in [-0.3, -0.25) is 4.57 Å². The minimum atomic E-state index is -3.40. The summed E-state index contributed by atoms with van der Waals surface area (Å²) in [7, 11) is -1.78. The first-order valence-corrected chi connectivity index (χ1v) is 10.7. The van der Waals surface area contributed by atoms with Crippen molar-refractivity contribution in [1.29, 1.82) is 0 Å². The molecule has 146 valence electrons. The summed E-state index contributed by atoms with van der Waals surface area (Å²) in [6, 6.07) is 15.0. The predicted molar refractivity (Wildman–Crippen MR) is 112 cm³/mol. The monoisotopic (exact) mass is 398 g/mol. The average molecular weight is 398 g/mol. The molecular weight excluding hydrogens is 375 g/mol. The van der Waals surface area contributed by atoms with Crippen LogP contribution < -0.4 is 15.1 Å². The third-order valence-electron chi connectivity index (χ3n) is 4.28. The SMILES string of the molecule is CCP(=O)(O)Nc1cc(Nc2cc(-c3ccccc3OC)ncn2)ccc1C. The molecule has 7 nitrogen and oxygen atoms in total. The van der Waals surface area contributed by atoms with Crippen molar-refractivity contribution in [3.05, 3.63) is 60.4 Å². The highest BCUT2D eigenvalue weighted by molar-refractivity contribution is 7.59. The molecule has 2 aromatic carbocycles. The molecule has 0 saturated carbocycles. The van der Waals surface area contributed by atoms with Crippen LogP contribution in [0.15, 0.2) is 54.9 Å². The topological polar surface area (TPSA) is 96.4 Å². The van der Waals surface area contributed by atoms with E-state index in [1.807, 2.05) is 49.4 Å². The van der Waals surface area contributed by atoms with Crippen molar-refractivity contribution in [3.8, 4) is 17.0 Å². The molecule has 1 aromatic heterocycles. The molecule has 1 atom stereocenters. The van der Waals surface area contributed by atoms with Crippen LogP contribution in [0.4, 0.5) is 17.2 Å². The van der Waals surface area contributed by atoms with Crippen LogP contribution in [0.25, 0.3) is 11.3 Å². The quantitative estimate of drug-likeness (QED) is 0.491. The van der Waals surface area contributed by atoms with Crippen molar-refractivity contribution in [3.63, 3.8) is 0 Å². The lowest BCUT2D eigenvalue weighted by Gasteiger charge is -2.16. The van der Waals surface area contributed by atoms with Crippen LogP contribution in [-0.4, -0.2) is 28.1 Å². The van der Waals surface area contributed by atoms with E-state index in [-0.39, 0.29) is 6.16 Å². The molecule has 0 saturated heterocycles. The molecule has 0 aliphatic heterocycles. The van der Waals surface area contributed by atoms with Crippen molar-refractivity contribution in [2.75, 3.05) is 23.7 Å². The third kappa shape index (κ3) is 4.68. The van der Waals surface area contributed by atoms with Gasteiger partial charge in [0.15, 0.2) is 0 Å². The van der Waals surface area contributed by atoms with E-state index in [4.69, 9.17) is 4.74 Å². The molecule has 3 rings (SSSR count). The molecule has 3 aromatic rings. The summed E-state index contributed by atoms with van der Waals surface area (Å²) >= 11 is 0. The highest BCUT2D eigenvalue weighted by atomic mass is 31.2. The van der Waals surface area contributed by atoms with Crippen molar-refractivity contribution in [2.24, 2.45) is 0 Å². The fourth-order valence-corrected chi connectivity index (χ4v) is 3.44. The number of para-hydroxylation sites is 1. The maximum atomic E-state index is 12.0. The Bertz CT molecular complexity index is 1030. The second-order valence-corrected chi connectivity index (χ2v) is 8.53. The van der Waals surface area contributed by atoms with E-state index in [0.29, 0.717) is 11.5 Å². The molecule has 1 unspecified atom stereocenters. The fraction of sp³-hybridized carbons (Fsp3) is 0.200. The number of benzene rings is 2. The number of anilines is 3. The van der Waals surface area contributed by atoms with Gasteiger partial charge < -0.3 is 20.0 Å². The number of hydrogen-bond acceptors (Lipinski definition) is 5. The van der Waals surface area contributed by atoms with Crippen molar-refractivity contribution < 1.29 is 14.2 Å². The fourth-order valence-electron chi connectivity index (χ4n) is 2.66. The summed E-state index contributed by atoms with van der Waals surface area (Å²) in [5.41, 5.74) is 3.83. The molecule has 1 heterocycles. The lowest BCUT2D eigenvalue weighted by molar-refractivity contribution is 0.416. The minimum absolute atomic E-state index is 0.151. The van der Waals surface area contributed by atoms with E-state index < -0.39 is 7.52 Å². The Morgan fingerprint density at radius 1 is 1.14 bits per heavy atom. The zero-order valence-corrected chi connectivity index (χ0v) is 16.9. The first kappa shape index (κ1) is 19.9. The highest BCUT2D eigenvalue weighted by Crippen LogP contribution is 2.41. The first-order chi connectivity index (χ1) is 13.4. The third-order valence-corrected chi connectivity index (χ3v) is 5.73. The smallest absolute Gasteiger partial charge is 0.291 e. The Morgan fingerprint density at radius 3 is 2.68 bits per heavy atom. The van der Waals surface area contributed by atoms with E-state index in [9.17, 15) is 9.46 Å². The highest BCUT2D eigenvalue weighted by Gasteiger charge is 2.16. The molecule has 3 N–H and O–H groups in total. The molecule has 0 bridgehead atoms. The van der Waals surface area contributed by atoms with Gasteiger partial charge in [-0.1, -0.05) is 25.1 Å². The van der Waals surface area contributed by atoms with Crippen LogP contribution in [0, 0.1) is 6.92 Å². The summed E-state index contributed by atoms with van der Waals surface area (Å²) < 4.78 is 17.4. The molecule has 8 heteroatoms. The molecule has 28 heavy (non-hydrogen) atoms. The van der Waals surface area contributed by atoms with E-state index in [0.717, 1.165) is 28.3 Å². The van der Waals surface area contributed by atoms with Gasteiger partial charge in [-0.05, 0) is 36.8 Å². The van der Waals surface area contributed by atoms with Crippen LogP contribution in [0.1, 0.15) is 12.5 Å². The van der Waals surface area contributed by atoms with E-state index >= 15 is 0 Å². The van der Waals surface area contributed by atoms with Crippen LogP contribution in [-0.2, 0) is 4.57 Å². The maximum absolute atomic E-state index is 12.0. The predicted octanol–water partition coefficient (Wildman–Crippen LogP) is 4.82. The van der Waals surface area contributed by atoms with Crippen molar-refractivity contribution in [2.45, 2.75) is 13.8 Å². The largest absolute Gasteiger partial charge is 0.496 e. The lowest BCUT2D eigenvalue weighted by Crippen LogP contribution is -2.01. The average Bonchev–Trinajstić information content (AvgIpc) is 2.70. The van der Waals surface area contributed by atoms with Gasteiger partial charge in [-0.25, -0.2) is 9.97 Å². The first-order valence-electron chi connectivity index (χ1n) is 8.85.